The minimum absolute atomic E-state index is 0.0160. The fourth-order valence-corrected chi connectivity index (χ4v) is 3.18. The van der Waals surface area contributed by atoms with Crippen LogP contribution in [-0.2, 0) is 0 Å². The molecule has 1 amide bonds. The molecule has 0 aliphatic carbocycles. The van der Waals surface area contributed by atoms with Crippen LogP contribution in [0.25, 0.3) is 16.8 Å². The molecule has 0 aromatic carbocycles. The van der Waals surface area contributed by atoms with Gasteiger partial charge in [-0.25, -0.2) is 14.5 Å². The maximum absolute atomic E-state index is 12.4. The Bertz CT molecular complexity index is 1330. The summed E-state index contributed by atoms with van der Waals surface area (Å²) in [5.41, 5.74) is 2.69. The van der Waals surface area contributed by atoms with Gasteiger partial charge >= 0.3 is 0 Å². The van der Waals surface area contributed by atoms with E-state index in [9.17, 15) is 4.79 Å². The SMILES string of the molecule is COc1cc(-c2ccn3nc(Nc4cccc(C(=O)NCC(C)(C)C)n4)nc3c2)cnc1OC. The molecule has 0 saturated heterocycles. The first-order valence-electron chi connectivity index (χ1n) is 10.7. The first-order chi connectivity index (χ1) is 16.3. The lowest BCUT2D eigenvalue weighted by Gasteiger charge is -2.18. The monoisotopic (exact) mass is 461 g/mol. The third-order valence-corrected chi connectivity index (χ3v) is 4.90. The quantitative estimate of drug-likeness (QED) is 0.428. The summed E-state index contributed by atoms with van der Waals surface area (Å²) < 4.78 is 12.2. The van der Waals surface area contributed by atoms with E-state index in [1.54, 1.807) is 43.1 Å². The molecule has 4 heterocycles. The van der Waals surface area contributed by atoms with Crippen molar-refractivity contribution in [3.63, 3.8) is 0 Å². The molecule has 0 radical (unpaired) electrons. The molecule has 34 heavy (non-hydrogen) atoms. The van der Waals surface area contributed by atoms with Crippen molar-refractivity contribution in [2.45, 2.75) is 20.8 Å². The van der Waals surface area contributed by atoms with Gasteiger partial charge in [-0.3, -0.25) is 4.79 Å². The molecule has 4 rings (SSSR count). The Labute approximate surface area is 197 Å². The first-order valence-corrected chi connectivity index (χ1v) is 10.7. The number of ether oxygens (including phenoxy) is 2. The van der Waals surface area contributed by atoms with E-state index in [4.69, 9.17) is 9.47 Å². The molecular formula is C24H27N7O3. The second-order valence-electron chi connectivity index (χ2n) is 8.87. The van der Waals surface area contributed by atoms with E-state index < -0.39 is 0 Å². The summed E-state index contributed by atoms with van der Waals surface area (Å²) in [5.74, 6) is 1.57. The highest BCUT2D eigenvalue weighted by molar-refractivity contribution is 5.92. The van der Waals surface area contributed by atoms with Gasteiger partial charge in [-0.1, -0.05) is 26.8 Å². The molecular weight excluding hydrogens is 434 g/mol. The Morgan fingerprint density at radius 1 is 1.06 bits per heavy atom. The highest BCUT2D eigenvalue weighted by atomic mass is 16.5. The van der Waals surface area contributed by atoms with Gasteiger partial charge in [0.05, 0.1) is 14.2 Å². The predicted octanol–water partition coefficient (Wildman–Crippen LogP) is 3.72. The van der Waals surface area contributed by atoms with Gasteiger partial charge < -0.3 is 20.1 Å². The highest BCUT2D eigenvalue weighted by Crippen LogP contribution is 2.30. The molecule has 10 heteroatoms. The maximum atomic E-state index is 12.4. The number of nitrogens with zero attached hydrogens (tertiary/aromatic N) is 5. The lowest BCUT2D eigenvalue weighted by Crippen LogP contribution is -2.32. The second kappa shape index (κ2) is 9.34. The van der Waals surface area contributed by atoms with Gasteiger partial charge in [0.1, 0.15) is 11.5 Å². The Kier molecular flexibility index (Phi) is 6.31. The van der Waals surface area contributed by atoms with Crippen LogP contribution in [0.4, 0.5) is 11.8 Å². The molecule has 4 aromatic rings. The zero-order chi connectivity index (χ0) is 24.3. The summed E-state index contributed by atoms with van der Waals surface area (Å²) in [6.45, 7) is 6.72. The molecule has 0 fully saturated rings. The van der Waals surface area contributed by atoms with Gasteiger partial charge in [-0.05, 0) is 41.3 Å². The lowest BCUT2D eigenvalue weighted by atomic mass is 9.97. The van der Waals surface area contributed by atoms with Crippen molar-refractivity contribution in [3.8, 4) is 22.8 Å². The van der Waals surface area contributed by atoms with Crippen LogP contribution in [0.3, 0.4) is 0 Å². The third kappa shape index (κ3) is 5.22. The third-order valence-electron chi connectivity index (χ3n) is 4.90. The van der Waals surface area contributed by atoms with Crippen molar-refractivity contribution in [2.24, 2.45) is 5.41 Å². The molecule has 0 unspecified atom stereocenters. The van der Waals surface area contributed by atoms with Crippen LogP contribution in [0.5, 0.6) is 11.6 Å². The minimum Gasteiger partial charge on any atom is -0.491 e. The molecule has 2 N–H and O–H groups in total. The average molecular weight is 462 g/mol. The van der Waals surface area contributed by atoms with Crippen LogP contribution in [0.2, 0.25) is 0 Å². The van der Waals surface area contributed by atoms with Gasteiger partial charge in [-0.15, -0.1) is 5.10 Å². The molecule has 176 valence electrons. The van der Waals surface area contributed by atoms with E-state index in [2.05, 4.69) is 51.5 Å². The predicted molar refractivity (Wildman–Crippen MR) is 129 cm³/mol. The molecule has 0 bridgehead atoms. The number of carbonyl (C=O) groups is 1. The second-order valence-corrected chi connectivity index (χ2v) is 8.87. The number of hydrogen-bond donors (Lipinski definition) is 2. The van der Waals surface area contributed by atoms with Crippen LogP contribution >= 0.6 is 0 Å². The molecule has 0 aliphatic rings. The Morgan fingerprint density at radius 3 is 2.62 bits per heavy atom. The number of nitrogens with one attached hydrogen (secondary N) is 2. The Balaban J connectivity index is 1.54. The normalized spacial score (nSPS) is 11.3. The van der Waals surface area contributed by atoms with E-state index in [0.717, 1.165) is 11.1 Å². The van der Waals surface area contributed by atoms with Crippen LogP contribution in [0.1, 0.15) is 31.3 Å². The molecule has 0 aliphatic heterocycles. The fraction of sp³-hybridized carbons (Fsp3) is 0.292. The fourth-order valence-electron chi connectivity index (χ4n) is 3.18. The van der Waals surface area contributed by atoms with Crippen LogP contribution in [0, 0.1) is 5.41 Å². The molecule has 0 atom stereocenters. The van der Waals surface area contributed by atoms with Gasteiger partial charge in [0, 0.05) is 24.5 Å². The average Bonchev–Trinajstić information content (AvgIpc) is 3.23. The topological polar surface area (TPSA) is 116 Å². The summed E-state index contributed by atoms with van der Waals surface area (Å²) in [6, 6.07) is 10.8. The van der Waals surface area contributed by atoms with Crippen LogP contribution < -0.4 is 20.1 Å². The number of pyridine rings is 3. The van der Waals surface area contributed by atoms with Crippen LogP contribution in [0.15, 0.2) is 48.8 Å². The smallest absolute Gasteiger partial charge is 0.269 e. The van der Waals surface area contributed by atoms with Crippen molar-refractivity contribution in [1.29, 1.82) is 0 Å². The van der Waals surface area contributed by atoms with Crippen molar-refractivity contribution in [3.05, 3.63) is 54.5 Å². The maximum Gasteiger partial charge on any atom is 0.269 e. The Morgan fingerprint density at radius 2 is 1.88 bits per heavy atom. The Hall–Kier alpha value is -4.21. The van der Waals surface area contributed by atoms with E-state index in [0.29, 0.717) is 41.3 Å². The van der Waals surface area contributed by atoms with E-state index in [1.807, 2.05) is 24.4 Å². The zero-order valence-corrected chi connectivity index (χ0v) is 19.8. The number of rotatable bonds is 7. The van der Waals surface area contributed by atoms with E-state index >= 15 is 0 Å². The molecule has 0 saturated carbocycles. The molecule has 4 aromatic heterocycles. The lowest BCUT2D eigenvalue weighted by molar-refractivity contribution is 0.0934. The van der Waals surface area contributed by atoms with Crippen molar-refractivity contribution < 1.29 is 14.3 Å². The standard InChI is InChI=1S/C24H27N7O3/c1-24(2,3)14-26-21(32)17-7-6-8-19(27-17)28-23-29-20-12-15(9-10-31(20)30-23)16-11-18(33-4)22(34-5)25-13-16/h6-13H,14H2,1-5H3,(H,26,32)(H,27,28,30). The van der Waals surface area contributed by atoms with Crippen LogP contribution in [-0.4, -0.2) is 51.2 Å². The number of anilines is 2. The number of methoxy groups -OCH3 is 2. The number of carbonyl (C=O) groups excluding carboxylic acids is 1. The van der Waals surface area contributed by atoms with Gasteiger partial charge in [0.2, 0.25) is 5.95 Å². The number of fused-ring (bicyclic) bond motifs is 1. The van der Waals surface area contributed by atoms with E-state index in [-0.39, 0.29) is 11.3 Å². The number of aromatic nitrogens is 5. The summed E-state index contributed by atoms with van der Waals surface area (Å²) in [6.07, 6.45) is 3.52. The highest BCUT2D eigenvalue weighted by Gasteiger charge is 2.15. The van der Waals surface area contributed by atoms with Crippen molar-refractivity contribution >= 4 is 23.3 Å². The summed E-state index contributed by atoms with van der Waals surface area (Å²) in [5, 5.41) is 10.4. The number of hydrogen-bond acceptors (Lipinski definition) is 8. The van der Waals surface area contributed by atoms with Gasteiger partial charge in [0.15, 0.2) is 11.4 Å². The first kappa shape index (κ1) is 23.0. The molecule has 10 nitrogen and oxygen atoms in total. The van der Waals surface area contributed by atoms with Crippen molar-refractivity contribution in [1.82, 2.24) is 29.9 Å². The van der Waals surface area contributed by atoms with Crippen molar-refractivity contribution in [2.75, 3.05) is 26.1 Å². The van der Waals surface area contributed by atoms with Gasteiger partial charge in [-0.2, -0.15) is 4.98 Å². The largest absolute Gasteiger partial charge is 0.491 e. The molecule has 0 spiro atoms. The number of amides is 1. The van der Waals surface area contributed by atoms with E-state index in [1.165, 1.54) is 0 Å². The summed E-state index contributed by atoms with van der Waals surface area (Å²) >= 11 is 0. The van der Waals surface area contributed by atoms with Gasteiger partial charge in [0.25, 0.3) is 11.8 Å². The zero-order valence-electron chi connectivity index (χ0n) is 19.8. The summed E-state index contributed by atoms with van der Waals surface area (Å²) in [7, 11) is 3.12. The minimum atomic E-state index is -0.227. The summed E-state index contributed by atoms with van der Waals surface area (Å²) in [4.78, 5) is 25.7.